The highest BCUT2D eigenvalue weighted by atomic mass is 32.1. The molecule has 1 amide bonds. The Bertz CT molecular complexity index is 1410. The van der Waals surface area contributed by atoms with Gasteiger partial charge in [-0.3, -0.25) is 14.3 Å². The predicted octanol–water partition coefficient (Wildman–Crippen LogP) is 5.39. The van der Waals surface area contributed by atoms with Crippen LogP contribution in [0.5, 0.6) is 0 Å². The van der Waals surface area contributed by atoms with E-state index in [4.69, 9.17) is 17.3 Å². The van der Waals surface area contributed by atoms with Gasteiger partial charge in [0.05, 0.1) is 12.4 Å². The van der Waals surface area contributed by atoms with Gasteiger partial charge in [-0.1, -0.05) is 42.5 Å². The minimum Gasteiger partial charge on any atom is -0.310 e. The van der Waals surface area contributed by atoms with Crippen LogP contribution in [0.2, 0.25) is 0 Å². The molecule has 2 aromatic carbocycles. The van der Waals surface area contributed by atoms with Crippen molar-refractivity contribution in [3.05, 3.63) is 88.8 Å². The molecule has 4 aromatic rings. The number of carbonyl (C=O) groups excluding carboxylic acids is 1. The van der Waals surface area contributed by atoms with E-state index in [0.29, 0.717) is 17.3 Å². The van der Waals surface area contributed by atoms with E-state index in [-0.39, 0.29) is 11.8 Å². The SMILES string of the molecule is Cc1ccc(-n2c(-c3ccccc3)nn(CN3CCC(C(=O)Nc4ccccn4)CC3)c2=S)cc1C. The van der Waals surface area contributed by atoms with Gasteiger partial charge in [0, 0.05) is 30.8 Å². The number of benzene rings is 2. The van der Waals surface area contributed by atoms with Crippen molar-refractivity contribution in [1.82, 2.24) is 24.2 Å². The summed E-state index contributed by atoms with van der Waals surface area (Å²) in [6, 6.07) is 22.1. The molecule has 0 atom stereocenters. The number of pyridine rings is 1. The Labute approximate surface area is 216 Å². The maximum atomic E-state index is 12.7. The summed E-state index contributed by atoms with van der Waals surface area (Å²) in [5.41, 5.74) is 4.49. The van der Waals surface area contributed by atoms with E-state index in [9.17, 15) is 4.79 Å². The van der Waals surface area contributed by atoms with Crippen molar-refractivity contribution in [3.63, 3.8) is 0 Å². The number of anilines is 1. The lowest BCUT2D eigenvalue weighted by Crippen LogP contribution is -2.39. The molecule has 0 radical (unpaired) electrons. The molecule has 2 aromatic heterocycles. The van der Waals surface area contributed by atoms with Crippen molar-refractivity contribution < 1.29 is 4.79 Å². The van der Waals surface area contributed by atoms with Crippen molar-refractivity contribution in [2.24, 2.45) is 5.92 Å². The Morgan fingerprint density at radius 1 is 1.00 bits per heavy atom. The van der Waals surface area contributed by atoms with Gasteiger partial charge in [-0.2, -0.15) is 0 Å². The van der Waals surface area contributed by atoms with Crippen LogP contribution in [0.1, 0.15) is 24.0 Å². The highest BCUT2D eigenvalue weighted by Gasteiger charge is 2.26. The second kappa shape index (κ2) is 10.6. The smallest absolute Gasteiger partial charge is 0.228 e. The number of rotatable bonds is 6. The summed E-state index contributed by atoms with van der Waals surface area (Å²) in [7, 11) is 0. The van der Waals surface area contributed by atoms with E-state index >= 15 is 0 Å². The highest BCUT2D eigenvalue weighted by Crippen LogP contribution is 2.25. The number of piperidine rings is 1. The summed E-state index contributed by atoms with van der Waals surface area (Å²) in [5, 5.41) is 7.89. The van der Waals surface area contributed by atoms with Crippen molar-refractivity contribution in [1.29, 1.82) is 0 Å². The summed E-state index contributed by atoms with van der Waals surface area (Å²) < 4.78 is 4.62. The molecule has 0 spiro atoms. The summed E-state index contributed by atoms with van der Waals surface area (Å²) in [6.45, 7) is 6.42. The molecule has 1 aliphatic heterocycles. The lowest BCUT2D eigenvalue weighted by molar-refractivity contribution is -0.121. The maximum Gasteiger partial charge on any atom is 0.228 e. The lowest BCUT2D eigenvalue weighted by Gasteiger charge is -2.30. The molecule has 184 valence electrons. The molecule has 3 heterocycles. The molecule has 1 N–H and O–H groups in total. The van der Waals surface area contributed by atoms with Gasteiger partial charge in [-0.25, -0.2) is 9.67 Å². The summed E-state index contributed by atoms with van der Waals surface area (Å²) in [6.07, 6.45) is 3.26. The number of amides is 1. The van der Waals surface area contributed by atoms with Crippen molar-refractivity contribution in [2.45, 2.75) is 33.4 Å². The maximum absolute atomic E-state index is 12.7. The van der Waals surface area contributed by atoms with Gasteiger partial charge >= 0.3 is 0 Å². The van der Waals surface area contributed by atoms with Crippen molar-refractivity contribution in [2.75, 3.05) is 18.4 Å². The monoisotopic (exact) mass is 498 g/mol. The van der Waals surface area contributed by atoms with Crippen LogP contribution >= 0.6 is 12.2 Å². The third-order valence-corrected chi connectivity index (χ3v) is 7.22. The van der Waals surface area contributed by atoms with E-state index in [1.165, 1.54) is 11.1 Å². The molecule has 0 bridgehead atoms. The van der Waals surface area contributed by atoms with E-state index in [0.717, 1.165) is 43.0 Å². The lowest BCUT2D eigenvalue weighted by atomic mass is 9.96. The third kappa shape index (κ3) is 5.15. The molecule has 1 aliphatic rings. The number of likely N-dealkylation sites (tertiary alicyclic amines) is 1. The third-order valence-electron chi connectivity index (χ3n) is 6.83. The normalized spacial score (nSPS) is 14.6. The second-order valence-electron chi connectivity index (χ2n) is 9.31. The zero-order valence-electron chi connectivity index (χ0n) is 20.6. The van der Waals surface area contributed by atoms with Gasteiger partial charge < -0.3 is 5.32 Å². The molecule has 36 heavy (non-hydrogen) atoms. The molecule has 0 saturated carbocycles. The van der Waals surface area contributed by atoms with Crippen LogP contribution in [0.25, 0.3) is 17.1 Å². The van der Waals surface area contributed by atoms with E-state index in [1.807, 2.05) is 41.1 Å². The number of aromatic nitrogens is 4. The van der Waals surface area contributed by atoms with Crippen LogP contribution in [0, 0.1) is 24.5 Å². The van der Waals surface area contributed by atoms with Crippen molar-refractivity contribution >= 4 is 23.9 Å². The van der Waals surface area contributed by atoms with Gasteiger partial charge in [0.25, 0.3) is 0 Å². The fourth-order valence-corrected chi connectivity index (χ4v) is 4.85. The molecule has 8 heteroatoms. The molecular formula is C28H30N6OS. The Kier molecular flexibility index (Phi) is 7.06. The second-order valence-corrected chi connectivity index (χ2v) is 9.68. The van der Waals surface area contributed by atoms with Crippen molar-refractivity contribution in [3.8, 4) is 17.1 Å². The average Bonchev–Trinajstić information content (AvgIpc) is 3.23. The quantitative estimate of drug-likeness (QED) is 0.361. The Hall–Kier alpha value is -3.62. The molecule has 0 unspecified atom stereocenters. The number of carbonyl (C=O) groups is 1. The van der Waals surface area contributed by atoms with Crippen LogP contribution in [-0.4, -0.2) is 43.2 Å². The number of nitrogens with one attached hydrogen (secondary N) is 1. The van der Waals surface area contributed by atoms with Gasteiger partial charge in [0.2, 0.25) is 10.7 Å². The Morgan fingerprint density at radius 3 is 2.44 bits per heavy atom. The van der Waals surface area contributed by atoms with E-state index in [1.54, 1.807) is 6.20 Å². The number of hydrogen-bond donors (Lipinski definition) is 1. The highest BCUT2D eigenvalue weighted by molar-refractivity contribution is 7.71. The summed E-state index contributed by atoms with van der Waals surface area (Å²) in [4.78, 5) is 19.2. The molecule has 0 aliphatic carbocycles. The van der Waals surface area contributed by atoms with Crippen LogP contribution in [-0.2, 0) is 11.5 Å². The topological polar surface area (TPSA) is 68.0 Å². The minimum absolute atomic E-state index is 0.0239. The fourth-order valence-electron chi connectivity index (χ4n) is 4.56. The van der Waals surface area contributed by atoms with Crippen LogP contribution < -0.4 is 5.32 Å². The van der Waals surface area contributed by atoms with Crippen LogP contribution in [0.4, 0.5) is 5.82 Å². The van der Waals surface area contributed by atoms with Crippen LogP contribution in [0.15, 0.2) is 72.9 Å². The first-order chi connectivity index (χ1) is 17.5. The van der Waals surface area contributed by atoms with E-state index < -0.39 is 0 Å². The Morgan fingerprint density at radius 2 is 1.75 bits per heavy atom. The average molecular weight is 499 g/mol. The molecule has 1 saturated heterocycles. The van der Waals surface area contributed by atoms with Gasteiger partial charge in [-0.05, 0) is 74.3 Å². The van der Waals surface area contributed by atoms with Gasteiger partial charge in [0.15, 0.2) is 5.82 Å². The first kappa shape index (κ1) is 24.1. The number of nitrogens with zero attached hydrogens (tertiary/aromatic N) is 5. The number of hydrogen-bond acceptors (Lipinski definition) is 5. The minimum atomic E-state index is -0.0239. The molecule has 7 nitrogen and oxygen atoms in total. The first-order valence-electron chi connectivity index (χ1n) is 12.3. The van der Waals surface area contributed by atoms with Crippen LogP contribution in [0.3, 0.4) is 0 Å². The van der Waals surface area contributed by atoms with Gasteiger partial charge in [-0.15, -0.1) is 5.10 Å². The fraction of sp³-hybridized carbons (Fsp3) is 0.286. The summed E-state index contributed by atoms with van der Waals surface area (Å²) >= 11 is 5.94. The molecule has 1 fully saturated rings. The standard InChI is InChI=1S/C28H30N6OS/c1-20-11-12-24(18-21(20)2)34-26(22-8-4-3-5-9-22)31-33(28(34)36)19-32-16-13-23(14-17-32)27(35)30-25-10-6-7-15-29-25/h3-12,15,18,23H,13-14,16-17,19H2,1-2H3,(H,29,30,35). The molecule has 5 rings (SSSR count). The Balaban J connectivity index is 1.34. The number of aryl methyl sites for hydroxylation is 2. The zero-order chi connectivity index (χ0) is 25.1. The predicted molar refractivity (Wildman–Crippen MR) is 144 cm³/mol. The molecular weight excluding hydrogens is 468 g/mol. The van der Waals surface area contributed by atoms with E-state index in [2.05, 4.69) is 63.9 Å². The largest absolute Gasteiger partial charge is 0.310 e. The zero-order valence-corrected chi connectivity index (χ0v) is 21.4. The summed E-state index contributed by atoms with van der Waals surface area (Å²) in [5.74, 6) is 1.44. The first-order valence-corrected chi connectivity index (χ1v) is 12.7. The van der Waals surface area contributed by atoms with Gasteiger partial charge in [0.1, 0.15) is 5.82 Å².